The number of aromatic carboxylic acids is 1. The highest BCUT2D eigenvalue weighted by molar-refractivity contribution is 6.08. The van der Waals surface area contributed by atoms with Crippen LogP contribution in [0.4, 0.5) is 5.69 Å². The predicted octanol–water partition coefficient (Wildman–Crippen LogP) is 5.83. The van der Waals surface area contributed by atoms with Gasteiger partial charge in [-0.3, -0.25) is 4.79 Å². The van der Waals surface area contributed by atoms with Gasteiger partial charge in [-0.05, 0) is 55.8 Å². The van der Waals surface area contributed by atoms with Gasteiger partial charge in [0.05, 0.1) is 23.9 Å². The third kappa shape index (κ3) is 4.30. The van der Waals surface area contributed by atoms with E-state index in [1.807, 2.05) is 79.1 Å². The van der Waals surface area contributed by atoms with Gasteiger partial charge in [-0.2, -0.15) is 0 Å². The summed E-state index contributed by atoms with van der Waals surface area (Å²) in [6.45, 7) is 4.19. The molecule has 6 heteroatoms. The van der Waals surface area contributed by atoms with E-state index in [-0.39, 0.29) is 11.5 Å². The number of aromatic nitrogens is 1. The molecule has 1 N–H and O–H groups in total. The van der Waals surface area contributed by atoms with Crippen LogP contribution in [0.15, 0.2) is 84.9 Å². The summed E-state index contributed by atoms with van der Waals surface area (Å²) in [5, 5.41) is 9.38. The first-order valence-electron chi connectivity index (χ1n) is 11.0. The molecule has 4 rings (SSSR count). The number of hydrogen-bond donors (Lipinski definition) is 1. The Morgan fingerprint density at radius 1 is 0.941 bits per heavy atom. The van der Waals surface area contributed by atoms with Gasteiger partial charge >= 0.3 is 5.97 Å². The number of carboxylic acid groups (broad SMARTS) is 1. The summed E-state index contributed by atoms with van der Waals surface area (Å²) in [4.78, 5) is 26.8. The molecule has 0 saturated heterocycles. The van der Waals surface area contributed by atoms with Crippen molar-refractivity contribution < 1.29 is 19.4 Å². The number of rotatable bonds is 7. The molecule has 0 fully saturated rings. The summed E-state index contributed by atoms with van der Waals surface area (Å²) in [7, 11) is 1.62. The largest absolute Gasteiger partial charge is 0.497 e. The van der Waals surface area contributed by atoms with Crippen molar-refractivity contribution in [2.45, 2.75) is 13.8 Å². The van der Waals surface area contributed by atoms with Gasteiger partial charge < -0.3 is 19.3 Å². The van der Waals surface area contributed by atoms with E-state index >= 15 is 0 Å². The van der Waals surface area contributed by atoms with Crippen LogP contribution >= 0.6 is 0 Å². The molecule has 0 spiro atoms. The van der Waals surface area contributed by atoms with Crippen LogP contribution in [0.25, 0.3) is 16.9 Å². The summed E-state index contributed by atoms with van der Waals surface area (Å²) in [5.74, 6) is -0.503. The molecule has 0 aliphatic rings. The van der Waals surface area contributed by atoms with Crippen molar-refractivity contribution in [2.75, 3.05) is 18.6 Å². The molecule has 6 nitrogen and oxygen atoms in total. The van der Waals surface area contributed by atoms with E-state index in [2.05, 4.69) is 0 Å². The van der Waals surface area contributed by atoms with Gasteiger partial charge in [0.15, 0.2) is 0 Å². The van der Waals surface area contributed by atoms with Crippen LogP contribution < -0.4 is 9.64 Å². The lowest BCUT2D eigenvalue weighted by molar-refractivity contribution is 0.0696. The molecule has 0 bridgehead atoms. The van der Waals surface area contributed by atoms with Gasteiger partial charge in [0.2, 0.25) is 0 Å². The highest BCUT2D eigenvalue weighted by atomic mass is 16.5. The quantitative estimate of drug-likeness (QED) is 0.382. The van der Waals surface area contributed by atoms with Crippen molar-refractivity contribution in [2.24, 2.45) is 0 Å². The first-order chi connectivity index (χ1) is 16.4. The molecule has 0 aliphatic carbocycles. The highest BCUT2D eigenvalue weighted by Crippen LogP contribution is 2.32. The van der Waals surface area contributed by atoms with E-state index in [1.165, 1.54) is 12.1 Å². The van der Waals surface area contributed by atoms with Crippen molar-refractivity contribution in [3.8, 4) is 22.7 Å². The van der Waals surface area contributed by atoms with Crippen molar-refractivity contribution in [1.82, 2.24) is 4.57 Å². The summed E-state index contributed by atoms with van der Waals surface area (Å²) in [5.41, 5.74) is 4.75. The number of nitrogens with zero attached hydrogens (tertiary/aromatic N) is 2. The smallest absolute Gasteiger partial charge is 0.335 e. The van der Waals surface area contributed by atoms with Crippen LogP contribution in [0, 0.1) is 6.92 Å². The SMILES string of the molecule is CCN(C(=O)c1cc(-c2ccccc2)n(-c2cccc(OC)c2)c1C)c1cccc(C(=O)O)c1. The minimum Gasteiger partial charge on any atom is -0.497 e. The van der Waals surface area contributed by atoms with Gasteiger partial charge in [0.1, 0.15) is 5.75 Å². The number of hydrogen-bond acceptors (Lipinski definition) is 3. The number of anilines is 1. The van der Waals surface area contributed by atoms with Crippen molar-refractivity contribution in [1.29, 1.82) is 0 Å². The Morgan fingerprint density at radius 3 is 2.35 bits per heavy atom. The molecule has 172 valence electrons. The molecule has 1 heterocycles. The van der Waals surface area contributed by atoms with Crippen molar-refractivity contribution >= 4 is 17.6 Å². The molecule has 0 atom stereocenters. The average Bonchev–Trinajstić information content (AvgIpc) is 3.22. The van der Waals surface area contributed by atoms with Gasteiger partial charge in [0.25, 0.3) is 5.91 Å². The number of carbonyl (C=O) groups excluding carboxylic acids is 1. The van der Waals surface area contributed by atoms with E-state index in [1.54, 1.807) is 24.1 Å². The molecule has 1 aromatic heterocycles. The van der Waals surface area contributed by atoms with E-state index in [0.717, 1.165) is 28.4 Å². The first-order valence-corrected chi connectivity index (χ1v) is 11.0. The fourth-order valence-corrected chi connectivity index (χ4v) is 4.12. The molecule has 3 aromatic carbocycles. The van der Waals surface area contributed by atoms with E-state index < -0.39 is 5.97 Å². The minimum absolute atomic E-state index is 0.138. The lowest BCUT2D eigenvalue weighted by Crippen LogP contribution is -2.31. The monoisotopic (exact) mass is 454 g/mol. The summed E-state index contributed by atoms with van der Waals surface area (Å²) in [6, 6.07) is 25.9. The number of methoxy groups -OCH3 is 1. The molecule has 0 saturated carbocycles. The Morgan fingerprint density at radius 2 is 1.68 bits per heavy atom. The molecule has 34 heavy (non-hydrogen) atoms. The normalized spacial score (nSPS) is 10.7. The summed E-state index contributed by atoms with van der Waals surface area (Å²) in [6.07, 6.45) is 0. The Kier molecular flexibility index (Phi) is 6.50. The van der Waals surface area contributed by atoms with E-state index in [9.17, 15) is 14.7 Å². The van der Waals surface area contributed by atoms with Crippen molar-refractivity contribution in [3.63, 3.8) is 0 Å². The fraction of sp³-hybridized carbons (Fsp3) is 0.143. The summed E-state index contributed by atoms with van der Waals surface area (Å²) < 4.78 is 7.47. The van der Waals surface area contributed by atoms with E-state index in [4.69, 9.17) is 4.74 Å². The lowest BCUT2D eigenvalue weighted by atomic mass is 10.1. The minimum atomic E-state index is -1.03. The molecular weight excluding hydrogens is 428 g/mol. The zero-order valence-electron chi connectivity index (χ0n) is 19.4. The lowest BCUT2D eigenvalue weighted by Gasteiger charge is -2.21. The van der Waals surface area contributed by atoms with Gasteiger partial charge in [-0.1, -0.05) is 42.5 Å². The topological polar surface area (TPSA) is 71.8 Å². The summed E-state index contributed by atoms with van der Waals surface area (Å²) >= 11 is 0. The maximum atomic E-state index is 13.8. The molecule has 0 unspecified atom stereocenters. The molecule has 0 aliphatic heterocycles. The Bertz CT molecular complexity index is 1340. The Hall–Kier alpha value is -4.32. The van der Waals surface area contributed by atoms with Gasteiger partial charge in [-0.15, -0.1) is 0 Å². The third-order valence-electron chi connectivity index (χ3n) is 5.82. The average molecular weight is 455 g/mol. The van der Waals surface area contributed by atoms with Crippen LogP contribution in [0.1, 0.15) is 33.3 Å². The second-order valence-electron chi connectivity index (χ2n) is 7.84. The van der Waals surface area contributed by atoms with Gasteiger partial charge in [-0.25, -0.2) is 4.79 Å². The second-order valence-corrected chi connectivity index (χ2v) is 7.84. The number of amides is 1. The molecule has 1 amide bonds. The zero-order valence-corrected chi connectivity index (χ0v) is 19.4. The predicted molar refractivity (Wildman–Crippen MR) is 133 cm³/mol. The zero-order chi connectivity index (χ0) is 24.2. The van der Waals surface area contributed by atoms with Crippen LogP contribution in [0.3, 0.4) is 0 Å². The second kappa shape index (κ2) is 9.67. The van der Waals surface area contributed by atoms with Crippen LogP contribution in [0.5, 0.6) is 5.75 Å². The Labute approximate surface area is 198 Å². The van der Waals surface area contributed by atoms with Crippen molar-refractivity contribution in [3.05, 3.63) is 102 Å². The fourth-order valence-electron chi connectivity index (χ4n) is 4.12. The maximum Gasteiger partial charge on any atom is 0.335 e. The van der Waals surface area contributed by atoms with Gasteiger partial charge in [0, 0.05) is 29.7 Å². The highest BCUT2D eigenvalue weighted by Gasteiger charge is 2.24. The third-order valence-corrected chi connectivity index (χ3v) is 5.82. The van der Waals surface area contributed by atoms with Crippen LogP contribution in [-0.2, 0) is 0 Å². The molecular formula is C28H26N2O4. The number of benzene rings is 3. The number of carbonyl (C=O) groups is 2. The molecule has 0 radical (unpaired) electrons. The van der Waals surface area contributed by atoms with E-state index in [0.29, 0.717) is 17.8 Å². The number of ether oxygens (including phenoxy) is 1. The Balaban J connectivity index is 1.86. The standard InChI is InChI=1S/C28H26N2O4/c1-4-29(22-13-8-12-21(16-22)28(32)33)27(31)25-18-26(20-10-6-5-7-11-20)30(19(25)2)23-14-9-15-24(17-23)34-3/h5-18H,4H2,1-3H3,(H,32,33). The molecule has 4 aromatic rings. The van der Waals surface area contributed by atoms with Crippen LogP contribution in [-0.4, -0.2) is 35.2 Å². The van der Waals surface area contributed by atoms with Crippen LogP contribution in [0.2, 0.25) is 0 Å². The first kappa shape index (κ1) is 22.9. The maximum absolute atomic E-state index is 13.8. The number of carboxylic acids is 1.